The average Bonchev–Trinajstić information content (AvgIpc) is 2.39. The molecule has 0 atom stereocenters. The summed E-state index contributed by atoms with van der Waals surface area (Å²) in [5, 5.41) is 5.92. The Balaban J connectivity index is 2.29. The molecule has 2 N–H and O–H groups in total. The van der Waals surface area contributed by atoms with Crippen LogP contribution in [0, 0.1) is 5.82 Å². The first-order chi connectivity index (χ1) is 8.65. The molecule has 1 aliphatic rings. The van der Waals surface area contributed by atoms with Gasteiger partial charge in [0.05, 0.1) is 0 Å². The van der Waals surface area contributed by atoms with Crippen molar-refractivity contribution in [2.75, 3.05) is 25.2 Å². The van der Waals surface area contributed by atoms with Gasteiger partial charge in [-0.1, -0.05) is 0 Å². The van der Waals surface area contributed by atoms with Crippen LogP contribution >= 0.6 is 0 Å². The van der Waals surface area contributed by atoms with Gasteiger partial charge in [-0.3, -0.25) is 0 Å². The zero-order chi connectivity index (χ0) is 13.1. The summed E-state index contributed by atoms with van der Waals surface area (Å²) in [5.41, 5.74) is 6.71. The third-order valence-corrected chi connectivity index (χ3v) is 4.58. The van der Waals surface area contributed by atoms with E-state index in [2.05, 4.69) is 5.10 Å². The first-order valence-corrected chi connectivity index (χ1v) is 7.57. The number of rotatable bonds is 2. The van der Waals surface area contributed by atoms with Crippen molar-refractivity contribution in [2.45, 2.75) is 6.54 Å². The molecular weight excluding hydrogens is 428 g/mol. The van der Waals surface area contributed by atoms with Gasteiger partial charge in [0.2, 0.25) is 0 Å². The van der Waals surface area contributed by atoms with Crippen LogP contribution in [-0.4, -0.2) is 55.0 Å². The van der Waals surface area contributed by atoms with Crippen LogP contribution in [0.5, 0.6) is 0 Å². The van der Waals surface area contributed by atoms with Crippen molar-refractivity contribution in [2.24, 2.45) is 10.8 Å². The Bertz CT molecular complexity index is 468. The topological polar surface area (TPSA) is 54.1 Å². The monoisotopic (exact) mass is 442 g/mol. The van der Waals surface area contributed by atoms with Gasteiger partial charge < -0.3 is 0 Å². The Morgan fingerprint density at radius 2 is 2.28 bits per heavy atom. The molecule has 0 bridgehead atoms. The maximum absolute atomic E-state index is 13.9. The van der Waals surface area contributed by atoms with Crippen molar-refractivity contribution in [3.05, 3.63) is 29.6 Å². The van der Waals surface area contributed by atoms with Gasteiger partial charge in [0.15, 0.2) is 0 Å². The normalized spacial score (nSPS) is 15.6. The van der Waals surface area contributed by atoms with Gasteiger partial charge in [-0.05, 0) is 0 Å². The molecule has 0 spiro atoms. The van der Waals surface area contributed by atoms with Gasteiger partial charge in [0.25, 0.3) is 0 Å². The van der Waals surface area contributed by atoms with Crippen LogP contribution in [0.15, 0.2) is 23.3 Å². The Hall–Kier alpha value is -0.898. The number of hydrogen-bond acceptors (Lipinski definition) is 5. The van der Waals surface area contributed by atoms with Crippen LogP contribution < -0.4 is 10.7 Å². The number of nitrogens with two attached hydrogens (primary N) is 1. The second-order valence-corrected chi connectivity index (χ2v) is 6.32. The Morgan fingerprint density at radius 1 is 1.50 bits per heavy atom. The number of halogens is 1. The summed E-state index contributed by atoms with van der Waals surface area (Å²) < 4.78 is 21.2. The number of benzene rings is 1. The van der Waals surface area contributed by atoms with Gasteiger partial charge >= 0.3 is 122 Å². The van der Waals surface area contributed by atoms with E-state index >= 15 is 0 Å². The van der Waals surface area contributed by atoms with Gasteiger partial charge in [-0.25, -0.2) is 0 Å². The third-order valence-electron chi connectivity index (χ3n) is 2.71. The molecule has 0 saturated carbocycles. The number of methoxy groups -OCH3 is 1. The summed E-state index contributed by atoms with van der Waals surface area (Å²) in [6, 6.07) is 5.52. The second-order valence-electron chi connectivity index (χ2n) is 3.89. The molecule has 1 aromatic rings. The maximum atomic E-state index is 13.9. The van der Waals surface area contributed by atoms with Crippen molar-refractivity contribution in [1.29, 1.82) is 0 Å². The van der Waals surface area contributed by atoms with E-state index in [4.69, 9.17) is 10.5 Å². The zero-order valence-corrected chi connectivity index (χ0v) is 14.6. The molecule has 1 heterocycles. The SMILES string of the molecule is COC1=NN(c2ccc(CN)cc2F)CC[N]1[Tl]. The van der Waals surface area contributed by atoms with E-state index in [1.165, 1.54) is 6.07 Å². The summed E-state index contributed by atoms with van der Waals surface area (Å²) in [6.07, 6.45) is 0. The third kappa shape index (κ3) is 2.74. The van der Waals surface area contributed by atoms with Crippen LogP contribution in [0.1, 0.15) is 5.56 Å². The van der Waals surface area contributed by atoms with Crippen LogP contribution in [-0.2, 0) is 11.3 Å². The molecule has 1 aromatic carbocycles. The summed E-state index contributed by atoms with van der Waals surface area (Å²) in [4.78, 5) is 0. The van der Waals surface area contributed by atoms with Crippen LogP contribution in [0.4, 0.5) is 10.1 Å². The number of anilines is 1. The molecule has 0 saturated heterocycles. The van der Waals surface area contributed by atoms with Gasteiger partial charge in [0, 0.05) is 0 Å². The Labute approximate surface area is 121 Å². The van der Waals surface area contributed by atoms with E-state index < -0.39 is 0 Å². The fourth-order valence-corrected chi connectivity index (χ4v) is 2.79. The molecule has 94 valence electrons. The number of hydrazone groups is 1. The van der Waals surface area contributed by atoms with E-state index in [-0.39, 0.29) is 5.82 Å². The fraction of sp³-hybridized carbons (Fsp3) is 0.364. The minimum atomic E-state index is -0.304. The fourth-order valence-electron chi connectivity index (χ4n) is 1.73. The molecule has 0 unspecified atom stereocenters. The molecule has 0 aromatic heterocycles. The predicted molar refractivity (Wildman–Crippen MR) is 68.5 cm³/mol. The van der Waals surface area contributed by atoms with Gasteiger partial charge in [-0.2, -0.15) is 0 Å². The number of nitrogens with zero attached hydrogens (tertiary/aromatic N) is 3. The number of amidine groups is 1. The quantitative estimate of drug-likeness (QED) is 0.676. The summed E-state index contributed by atoms with van der Waals surface area (Å²) in [6.45, 7) is 1.79. The van der Waals surface area contributed by atoms with Crippen molar-refractivity contribution in [3.8, 4) is 0 Å². The Morgan fingerprint density at radius 3 is 2.89 bits per heavy atom. The summed E-state index contributed by atoms with van der Waals surface area (Å²) >= 11 is 0.625. The van der Waals surface area contributed by atoms with E-state index in [0.717, 1.165) is 12.1 Å². The molecule has 1 aliphatic heterocycles. The van der Waals surface area contributed by atoms with Crippen molar-refractivity contribution < 1.29 is 9.13 Å². The molecule has 18 heavy (non-hydrogen) atoms. The van der Waals surface area contributed by atoms with Crippen LogP contribution in [0.2, 0.25) is 0 Å². The molecule has 5 nitrogen and oxygen atoms in total. The number of ether oxygens (including phenoxy) is 1. The van der Waals surface area contributed by atoms with Crippen molar-refractivity contribution in [1.82, 2.24) is 2.71 Å². The predicted octanol–water partition coefficient (Wildman–Crippen LogP) is 0.407. The van der Waals surface area contributed by atoms with E-state index in [0.29, 0.717) is 50.9 Å². The number of hydrogen-bond donors (Lipinski definition) is 1. The molecule has 7 heteroatoms. The standard InChI is InChI=1S/C11H14FN4O.Tl/c1-17-11-14-4-5-16(15-11)10-3-2-8(7-13)6-9(10)12;/h2-3,6H,4-5,7,13H2,1H3;/q-1;+1. The minimum absolute atomic E-state index is 0.304. The first-order valence-electron chi connectivity index (χ1n) is 5.56. The molecule has 0 fully saturated rings. The molecule has 0 amide bonds. The summed E-state index contributed by atoms with van der Waals surface area (Å²) in [7, 11) is 1.57. The van der Waals surface area contributed by atoms with Crippen molar-refractivity contribution >= 4 is 37.8 Å². The molecule has 2 rings (SSSR count). The molecular formula is C11H14FN4OTl. The van der Waals surface area contributed by atoms with Crippen molar-refractivity contribution in [3.63, 3.8) is 0 Å². The Kier molecular flexibility index (Phi) is 4.38. The van der Waals surface area contributed by atoms with Gasteiger partial charge in [-0.15, -0.1) is 0 Å². The summed E-state index contributed by atoms with van der Waals surface area (Å²) in [5.74, 6) is -0.304. The molecule has 0 aliphatic carbocycles. The van der Waals surface area contributed by atoms with Crippen LogP contribution in [0.25, 0.3) is 0 Å². The second kappa shape index (κ2) is 5.83. The van der Waals surface area contributed by atoms with E-state index in [1.807, 2.05) is 8.78 Å². The van der Waals surface area contributed by atoms with E-state index in [1.54, 1.807) is 18.2 Å². The molecule has 0 radical (unpaired) electrons. The zero-order valence-electron chi connectivity index (χ0n) is 10.1. The van der Waals surface area contributed by atoms with Gasteiger partial charge in [0.1, 0.15) is 0 Å². The first kappa shape index (κ1) is 13.5. The van der Waals surface area contributed by atoms with E-state index in [9.17, 15) is 4.39 Å². The average molecular weight is 442 g/mol. The van der Waals surface area contributed by atoms with Crippen LogP contribution in [0.3, 0.4) is 0 Å².